The van der Waals surface area contributed by atoms with Crippen molar-refractivity contribution in [3.63, 3.8) is 0 Å². The van der Waals surface area contributed by atoms with Crippen LogP contribution in [0.15, 0.2) is 0 Å². The van der Waals surface area contributed by atoms with E-state index in [9.17, 15) is 4.79 Å². The van der Waals surface area contributed by atoms with Crippen LogP contribution in [0.2, 0.25) is 0 Å². The maximum atomic E-state index is 10.4. The molecule has 12 heavy (non-hydrogen) atoms. The quantitative estimate of drug-likeness (QED) is 0.599. The molecule has 1 saturated heterocycles. The van der Waals surface area contributed by atoms with Crippen molar-refractivity contribution in [2.24, 2.45) is 5.92 Å². The zero-order valence-electron chi connectivity index (χ0n) is 8.12. The summed E-state index contributed by atoms with van der Waals surface area (Å²) in [6, 6.07) is 0.643. The van der Waals surface area contributed by atoms with E-state index in [1.54, 1.807) is 0 Å². The van der Waals surface area contributed by atoms with Gasteiger partial charge in [-0.25, -0.2) is 0 Å². The Morgan fingerprint density at radius 3 is 2.83 bits per heavy atom. The minimum absolute atomic E-state index is 0.628. The molecule has 0 bridgehead atoms. The van der Waals surface area contributed by atoms with Crippen molar-refractivity contribution in [2.45, 2.75) is 39.2 Å². The average molecular weight is 169 g/mol. The molecule has 0 aromatic heterocycles. The van der Waals surface area contributed by atoms with Gasteiger partial charge in [0.2, 0.25) is 0 Å². The van der Waals surface area contributed by atoms with Crippen LogP contribution >= 0.6 is 0 Å². The minimum Gasteiger partial charge on any atom is -0.302 e. The Kier molecular flexibility index (Phi) is 3.73. The van der Waals surface area contributed by atoms with Gasteiger partial charge >= 0.3 is 0 Å². The lowest BCUT2D eigenvalue weighted by Gasteiger charge is -2.36. The molecule has 70 valence electrons. The van der Waals surface area contributed by atoms with Crippen LogP contribution in [0.3, 0.4) is 0 Å². The average Bonchev–Trinajstić information content (AvgIpc) is 2.05. The van der Waals surface area contributed by atoms with E-state index in [1.807, 2.05) is 0 Å². The van der Waals surface area contributed by atoms with Gasteiger partial charge in [-0.1, -0.05) is 20.3 Å². The molecule has 0 saturated carbocycles. The lowest BCUT2D eigenvalue weighted by molar-refractivity contribution is -0.109. The van der Waals surface area contributed by atoms with Gasteiger partial charge in [0.25, 0.3) is 0 Å². The van der Waals surface area contributed by atoms with E-state index in [-0.39, 0.29) is 0 Å². The standard InChI is InChI=1S/C10H19NO/c1-9(2)10-5-3-4-6-11(10)7-8-12/h8-10H,3-7H2,1-2H3. The molecule has 0 radical (unpaired) electrons. The van der Waals surface area contributed by atoms with Crippen molar-refractivity contribution in [3.8, 4) is 0 Å². The van der Waals surface area contributed by atoms with E-state index >= 15 is 0 Å². The maximum Gasteiger partial charge on any atom is 0.133 e. The van der Waals surface area contributed by atoms with Crippen LogP contribution in [0.1, 0.15) is 33.1 Å². The summed E-state index contributed by atoms with van der Waals surface area (Å²) in [5, 5.41) is 0. The highest BCUT2D eigenvalue weighted by molar-refractivity contribution is 5.52. The number of hydrogen-bond acceptors (Lipinski definition) is 2. The van der Waals surface area contributed by atoms with Gasteiger partial charge in [0.05, 0.1) is 6.54 Å². The molecule has 1 atom stereocenters. The first-order valence-electron chi connectivity index (χ1n) is 4.93. The van der Waals surface area contributed by atoms with E-state index in [0.29, 0.717) is 18.5 Å². The molecule has 0 spiro atoms. The van der Waals surface area contributed by atoms with Crippen molar-refractivity contribution in [2.75, 3.05) is 13.1 Å². The number of carbonyl (C=O) groups excluding carboxylic acids is 1. The Labute approximate surface area is 74.9 Å². The molecule has 0 amide bonds. The zero-order valence-corrected chi connectivity index (χ0v) is 8.12. The van der Waals surface area contributed by atoms with Crippen LogP contribution in [-0.4, -0.2) is 30.3 Å². The third-order valence-corrected chi connectivity index (χ3v) is 2.74. The number of piperidine rings is 1. The first-order chi connectivity index (χ1) is 5.75. The molecule has 1 heterocycles. The zero-order chi connectivity index (χ0) is 8.97. The van der Waals surface area contributed by atoms with Crippen molar-refractivity contribution >= 4 is 6.29 Å². The van der Waals surface area contributed by atoms with Crippen LogP contribution in [0.5, 0.6) is 0 Å². The van der Waals surface area contributed by atoms with Gasteiger partial charge < -0.3 is 4.79 Å². The largest absolute Gasteiger partial charge is 0.302 e. The van der Waals surface area contributed by atoms with Gasteiger partial charge in [0.1, 0.15) is 6.29 Å². The Balaban J connectivity index is 2.47. The number of hydrogen-bond donors (Lipinski definition) is 0. The van der Waals surface area contributed by atoms with Crippen LogP contribution < -0.4 is 0 Å². The number of rotatable bonds is 3. The number of aldehydes is 1. The molecular weight excluding hydrogens is 150 g/mol. The highest BCUT2D eigenvalue weighted by Crippen LogP contribution is 2.21. The molecule has 1 fully saturated rings. The topological polar surface area (TPSA) is 20.3 Å². The summed E-state index contributed by atoms with van der Waals surface area (Å²) in [7, 11) is 0. The Morgan fingerprint density at radius 2 is 2.25 bits per heavy atom. The minimum atomic E-state index is 0.628. The monoisotopic (exact) mass is 169 g/mol. The van der Waals surface area contributed by atoms with Gasteiger partial charge in [-0.05, 0) is 25.3 Å². The van der Waals surface area contributed by atoms with Gasteiger partial charge in [0.15, 0.2) is 0 Å². The third-order valence-electron chi connectivity index (χ3n) is 2.74. The van der Waals surface area contributed by atoms with Crippen molar-refractivity contribution in [1.82, 2.24) is 4.90 Å². The molecule has 1 unspecified atom stereocenters. The number of carbonyl (C=O) groups is 1. The second kappa shape index (κ2) is 4.61. The van der Waals surface area contributed by atoms with Gasteiger partial charge in [-0.2, -0.15) is 0 Å². The third kappa shape index (κ3) is 2.31. The summed E-state index contributed by atoms with van der Waals surface area (Å²) in [5.74, 6) is 0.685. The van der Waals surface area contributed by atoms with E-state index in [0.717, 1.165) is 12.8 Å². The fraction of sp³-hybridized carbons (Fsp3) is 0.900. The van der Waals surface area contributed by atoms with Gasteiger partial charge in [-0.15, -0.1) is 0 Å². The number of likely N-dealkylation sites (tertiary alicyclic amines) is 1. The Hall–Kier alpha value is -0.370. The summed E-state index contributed by atoms with van der Waals surface area (Å²) in [4.78, 5) is 12.7. The predicted molar refractivity (Wildman–Crippen MR) is 50.1 cm³/mol. The molecule has 0 aromatic rings. The van der Waals surface area contributed by atoms with Crippen molar-refractivity contribution in [1.29, 1.82) is 0 Å². The predicted octanol–water partition coefficient (Wildman–Crippen LogP) is 1.70. The SMILES string of the molecule is CC(C)C1CCCCN1CC=O. The molecule has 0 aromatic carbocycles. The van der Waals surface area contributed by atoms with Crippen molar-refractivity contribution in [3.05, 3.63) is 0 Å². The summed E-state index contributed by atoms with van der Waals surface area (Å²) in [5.41, 5.74) is 0. The van der Waals surface area contributed by atoms with E-state index in [4.69, 9.17) is 0 Å². The van der Waals surface area contributed by atoms with Crippen LogP contribution in [0.25, 0.3) is 0 Å². The first-order valence-corrected chi connectivity index (χ1v) is 4.93. The summed E-state index contributed by atoms with van der Waals surface area (Å²) in [6.45, 7) is 6.23. The Bertz CT molecular complexity index is 145. The van der Waals surface area contributed by atoms with Crippen LogP contribution in [0, 0.1) is 5.92 Å². The highest BCUT2D eigenvalue weighted by atomic mass is 16.1. The molecular formula is C10H19NO. The highest BCUT2D eigenvalue weighted by Gasteiger charge is 2.23. The maximum absolute atomic E-state index is 10.4. The molecule has 0 aliphatic carbocycles. The van der Waals surface area contributed by atoms with E-state index < -0.39 is 0 Å². The fourth-order valence-electron chi connectivity index (χ4n) is 2.09. The molecule has 2 heteroatoms. The number of nitrogens with zero attached hydrogens (tertiary/aromatic N) is 1. The lowest BCUT2D eigenvalue weighted by atomic mass is 9.93. The Morgan fingerprint density at radius 1 is 1.50 bits per heavy atom. The van der Waals surface area contributed by atoms with Crippen LogP contribution in [0.4, 0.5) is 0 Å². The fourth-order valence-corrected chi connectivity index (χ4v) is 2.09. The van der Waals surface area contributed by atoms with E-state index in [1.165, 1.54) is 19.3 Å². The van der Waals surface area contributed by atoms with Crippen molar-refractivity contribution < 1.29 is 4.79 Å². The van der Waals surface area contributed by atoms with E-state index in [2.05, 4.69) is 18.7 Å². The molecule has 1 aliphatic heterocycles. The molecule has 0 N–H and O–H groups in total. The smallest absolute Gasteiger partial charge is 0.133 e. The molecule has 2 nitrogen and oxygen atoms in total. The summed E-state index contributed by atoms with van der Waals surface area (Å²) >= 11 is 0. The second-order valence-corrected chi connectivity index (χ2v) is 3.97. The first kappa shape index (κ1) is 9.72. The second-order valence-electron chi connectivity index (χ2n) is 3.97. The van der Waals surface area contributed by atoms with Gasteiger partial charge in [-0.3, -0.25) is 4.90 Å². The summed E-state index contributed by atoms with van der Waals surface area (Å²) < 4.78 is 0. The summed E-state index contributed by atoms with van der Waals surface area (Å²) in [6.07, 6.45) is 4.89. The molecule has 1 aliphatic rings. The molecule has 1 rings (SSSR count). The van der Waals surface area contributed by atoms with Gasteiger partial charge in [0, 0.05) is 6.04 Å². The normalized spacial score (nSPS) is 26.1. The lowest BCUT2D eigenvalue weighted by Crippen LogP contribution is -2.43. The van der Waals surface area contributed by atoms with Crippen LogP contribution in [-0.2, 0) is 4.79 Å².